The Bertz CT molecular complexity index is 1110. The quantitative estimate of drug-likeness (QED) is 0.705. The summed E-state index contributed by atoms with van der Waals surface area (Å²) in [6.07, 6.45) is 0.887. The Morgan fingerprint density at radius 3 is 2.57 bits per heavy atom. The van der Waals surface area contributed by atoms with Crippen molar-refractivity contribution in [3.63, 3.8) is 0 Å². The minimum Gasteiger partial charge on any atom is -0.452 e. The second-order valence-corrected chi connectivity index (χ2v) is 8.75. The summed E-state index contributed by atoms with van der Waals surface area (Å²) in [6, 6.07) is 11.0. The number of imide groups is 1. The number of hydrogen-bond acceptors (Lipinski definition) is 6. The largest absolute Gasteiger partial charge is 0.452 e. The van der Waals surface area contributed by atoms with Crippen LogP contribution < -0.4 is 4.72 Å². The number of hydrogen-bond donors (Lipinski definition) is 1. The number of likely N-dealkylation sites (tertiary alicyclic amines) is 1. The molecule has 9 heteroatoms. The van der Waals surface area contributed by atoms with E-state index in [1.807, 2.05) is 13.0 Å². The highest BCUT2D eigenvalue weighted by atomic mass is 32.2. The van der Waals surface area contributed by atoms with Crippen LogP contribution in [0.25, 0.3) is 0 Å². The highest BCUT2D eigenvalue weighted by molar-refractivity contribution is 7.92. The SMILES string of the molecule is Cc1cccc(NS(=O)(=O)c2ccc(C)c(C(=O)OCC(=O)N3CCCC3=O)c2)c1. The van der Waals surface area contributed by atoms with E-state index < -0.39 is 28.5 Å². The molecular weight excluding hydrogens is 408 g/mol. The molecule has 158 valence electrons. The van der Waals surface area contributed by atoms with Crippen molar-refractivity contribution in [3.05, 3.63) is 59.2 Å². The van der Waals surface area contributed by atoms with Crippen molar-refractivity contribution in [2.75, 3.05) is 17.9 Å². The smallest absolute Gasteiger partial charge is 0.338 e. The number of nitrogens with zero attached hydrogens (tertiary/aromatic N) is 1. The number of aryl methyl sites for hydroxylation is 2. The predicted molar refractivity (Wildman–Crippen MR) is 109 cm³/mol. The lowest BCUT2D eigenvalue weighted by Gasteiger charge is -2.14. The highest BCUT2D eigenvalue weighted by Crippen LogP contribution is 2.21. The fourth-order valence-corrected chi connectivity index (χ4v) is 4.18. The van der Waals surface area contributed by atoms with Gasteiger partial charge < -0.3 is 4.74 Å². The number of esters is 1. The zero-order valence-corrected chi connectivity index (χ0v) is 17.5. The molecule has 0 radical (unpaired) electrons. The van der Waals surface area contributed by atoms with Crippen molar-refractivity contribution in [2.45, 2.75) is 31.6 Å². The van der Waals surface area contributed by atoms with Crippen molar-refractivity contribution in [1.82, 2.24) is 4.90 Å². The van der Waals surface area contributed by atoms with Gasteiger partial charge in [0.1, 0.15) is 0 Å². The molecule has 2 aromatic rings. The first-order valence-corrected chi connectivity index (χ1v) is 10.9. The van der Waals surface area contributed by atoms with Gasteiger partial charge >= 0.3 is 5.97 Å². The van der Waals surface area contributed by atoms with Crippen LogP contribution in [0.1, 0.15) is 34.3 Å². The molecule has 0 aromatic heterocycles. The number of nitrogens with one attached hydrogen (secondary N) is 1. The molecule has 1 aliphatic rings. The van der Waals surface area contributed by atoms with Gasteiger partial charge in [0.15, 0.2) is 6.61 Å². The zero-order chi connectivity index (χ0) is 21.9. The first-order valence-electron chi connectivity index (χ1n) is 9.38. The van der Waals surface area contributed by atoms with E-state index >= 15 is 0 Å². The summed E-state index contributed by atoms with van der Waals surface area (Å²) < 4.78 is 32.9. The molecule has 0 unspecified atom stereocenters. The Balaban J connectivity index is 1.74. The lowest BCUT2D eigenvalue weighted by atomic mass is 10.1. The van der Waals surface area contributed by atoms with Crippen LogP contribution in [0.4, 0.5) is 5.69 Å². The van der Waals surface area contributed by atoms with Crippen LogP contribution in [0, 0.1) is 13.8 Å². The van der Waals surface area contributed by atoms with Crippen molar-refractivity contribution in [2.24, 2.45) is 0 Å². The van der Waals surface area contributed by atoms with E-state index in [-0.39, 0.29) is 16.4 Å². The van der Waals surface area contributed by atoms with E-state index in [1.165, 1.54) is 18.2 Å². The van der Waals surface area contributed by atoms with Gasteiger partial charge in [0.2, 0.25) is 5.91 Å². The minimum absolute atomic E-state index is 0.0302. The van der Waals surface area contributed by atoms with Gasteiger partial charge in [-0.2, -0.15) is 0 Å². The van der Waals surface area contributed by atoms with E-state index in [0.29, 0.717) is 30.6 Å². The standard InChI is InChI=1S/C21H22N2O6S/c1-14-5-3-6-16(11-14)22-30(27,28)17-9-8-15(2)18(12-17)21(26)29-13-20(25)23-10-4-7-19(23)24/h3,5-6,8-9,11-12,22H,4,7,10,13H2,1-2H3. The maximum atomic E-state index is 12.7. The molecule has 1 heterocycles. The van der Waals surface area contributed by atoms with Crippen LogP contribution in [-0.4, -0.2) is 44.3 Å². The molecule has 1 saturated heterocycles. The summed E-state index contributed by atoms with van der Waals surface area (Å²) >= 11 is 0. The molecule has 0 aliphatic carbocycles. The second kappa shape index (κ2) is 8.66. The van der Waals surface area contributed by atoms with Gasteiger partial charge in [0.05, 0.1) is 10.5 Å². The lowest BCUT2D eigenvalue weighted by Crippen LogP contribution is -2.35. The van der Waals surface area contributed by atoms with Crippen molar-refractivity contribution < 1.29 is 27.5 Å². The molecule has 30 heavy (non-hydrogen) atoms. The summed E-state index contributed by atoms with van der Waals surface area (Å²) in [6.45, 7) is 3.21. The summed E-state index contributed by atoms with van der Waals surface area (Å²) in [5.41, 5.74) is 1.83. The normalized spacial score (nSPS) is 13.9. The molecule has 1 aliphatic heterocycles. The molecule has 2 aromatic carbocycles. The first kappa shape index (κ1) is 21.5. The third-order valence-corrected chi connectivity index (χ3v) is 6.09. The molecule has 0 bridgehead atoms. The molecular formula is C21H22N2O6S. The second-order valence-electron chi connectivity index (χ2n) is 7.07. The van der Waals surface area contributed by atoms with Crippen LogP contribution in [0.3, 0.4) is 0 Å². The van der Waals surface area contributed by atoms with E-state index in [9.17, 15) is 22.8 Å². The Morgan fingerprint density at radius 2 is 1.90 bits per heavy atom. The average molecular weight is 430 g/mol. The minimum atomic E-state index is -3.93. The molecule has 8 nitrogen and oxygen atoms in total. The number of carbonyl (C=O) groups is 3. The number of rotatable bonds is 6. The first-order chi connectivity index (χ1) is 14.2. The third kappa shape index (κ3) is 4.85. The molecule has 1 fully saturated rings. The number of anilines is 1. The molecule has 0 atom stereocenters. The number of ether oxygens (including phenoxy) is 1. The number of benzene rings is 2. The zero-order valence-electron chi connectivity index (χ0n) is 16.7. The Hall–Kier alpha value is -3.20. The maximum absolute atomic E-state index is 12.7. The molecule has 0 saturated carbocycles. The van der Waals surface area contributed by atoms with Gasteiger partial charge in [0.25, 0.3) is 15.9 Å². The number of sulfonamides is 1. The van der Waals surface area contributed by atoms with Gasteiger partial charge in [-0.05, 0) is 55.7 Å². The van der Waals surface area contributed by atoms with Crippen LogP contribution in [0.15, 0.2) is 47.4 Å². The highest BCUT2D eigenvalue weighted by Gasteiger charge is 2.27. The fraction of sp³-hybridized carbons (Fsp3) is 0.286. The van der Waals surface area contributed by atoms with E-state index in [1.54, 1.807) is 25.1 Å². The third-order valence-electron chi connectivity index (χ3n) is 4.71. The van der Waals surface area contributed by atoms with Gasteiger partial charge in [-0.1, -0.05) is 18.2 Å². The van der Waals surface area contributed by atoms with Crippen LogP contribution in [0.5, 0.6) is 0 Å². The van der Waals surface area contributed by atoms with E-state index in [2.05, 4.69) is 4.72 Å². The Labute approximate surface area is 174 Å². The number of amides is 2. The van der Waals surface area contributed by atoms with Crippen LogP contribution in [-0.2, 0) is 24.3 Å². The van der Waals surface area contributed by atoms with Gasteiger partial charge in [-0.15, -0.1) is 0 Å². The maximum Gasteiger partial charge on any atom is 0.338 e. The number of carbonyl (C=O) groups excluding carboxylic acids is 3. The predicted octanol–water partition coefficient (Wildman–Crippen LogP) is 2.41. The van der Waals surface area contributed by atoms with Gasteiger partial charge in [0, 0.05) is 18.7 Å². The van der Waals surface area contributed by atoms with Crippen molar-refractivity contribution in [3.8, 4) is 0 Å². The summed E-state index contributed by atoms with van der Waals surface area (Å²) in [5, 5.41) is 0. The fourth-order valence-electron chi connectivity index (χ4n) is 3.11. The lowest BCUT2D eigenvalue weighted by molar-refractivity contribution is -0.143. The van der Waals surface area contributed by atoms with Gasteiger partial charge in [-0.3, -0.25) is 19.2 Å². The van der Waals surface area contributed by atoms with Crippen molar-refractivity contribution >= 4 is 33.5 Å². The van der Waals surface area contributed by atoms with Crippen molar-refractivity contribution in [1.29, 1.82) is 0 Å². The topological polar surface area (TPSA) is 110 Å². The Kier molecular flexibility index (Phi) is 6.21. The molecule has 3 rings (SSSR count). The molecule has 0 spiro atoms. The monoisotopic (exact) mass is 430 g/mol. The Morgan fingerprint density at radius 1 is 1.13 bits per heavy atom. The average Bonchev–Trinajstić information content (AvgIpc) is 3.11. The van der Waals surface area contributed by atoms with Crippen LogP contribution >= 0.6 is 0 Å². The summed E-state index contributed by atoms with van der Waals surface area (Å²) in [4.78, 5) is 37.1. The summed E-state index contributed by atoms with van der Waals surface area (Å²) in [5.74, 6) is -1.71. The molecule has 1 N–H and O–H groups in total. The van der Waals surface area contributed by atoms with E-state index in [4.69, 9.17) is 4.74 Å². The summed E-state index contributed by atoms with van der Waals surface area (Å²) in [7, 11) is -3.93. The van der Waals surface area contributed by atoms with Gasteiger partial charge in [-0.25, -0.2) is 13.2 Å². The molecule has 2 amide bonds. The van der Waals surface area contributed by atoms with E-state index in [0.717, 1.165) is 10.5 Å². The van der Waals surface area contributed by atoms with Crippen LogP contribution in [0.2, 0.25) is 0 Å².